The van der Waals surface area contributed by atoms with E-state index in [0.717, 1.165) is 54.0 Å². The van der Waals surface area contributed by atoms with Gasteiger partial charge in [-0.3, -0.25) is 4.90 Å². The molecule has 0 spiro atoms. The lowest BCUT2D eigenvalue weighted by Gasteiger charge is -2.43. The SMILES string of the molecule is Brc1ccc2ncnc(NCC3(N4CCOCC4)CCSC3)c2c1. The number of halogens is 1. The highest BCUT2D eigenvalue weighted by Crippen LogP contribution is 2.35. The first kappa shape index (κ1) is 16.6. The summed E-state index contributed by atoms with van der Waals surface area (Å²) >= 11 is 5.60. The topological polar surface area (TPSA) is 50.3 Å². The molecular formula is C17H21BrN4OS. The lowest BCUT2D eigenvalue weighted by atomic mass is 9.95. The van der Waals surface area contributed by atoms with Crippen LogP contribution in [0.4, 0.5) is 5.82 Å². The number of aromatic nitrogens is 2. The molecule has 1 N–H and O–H groups in total. The summed E-state index contributed by atoms with van der Waals surface area (Å²) in [6.07, 6.45) is 2.86. The lowest BCUT2D eigenvalue weighted by Crippen LogP contribution is -2.57. The lowest BCUT2D eigenvalue weighted by molar-refractivity contribution is -0.00921. The van der Waals surface area contributed by atoms with Gasteiger partial charge in [0.1, 0.15) is 12.1 Å². The first-order valence-corrected chi connectivity index (χ1v) is 10.3. The Kier molecular flexibility index (Phi) is 4.94. The van der Waals surface area contributed by atoms with Gasteiger partial charge >= 0.3 is 0 Å². The number of nitrogens with one attached hydrogen (secondary N) is 1. The Morgan fingerprint density at radius 1 is 1.29 bits per heavy atom. The van der Waals surface area contributed by atoms with E-state index in [1.54, 1.807) is 6.33 Å². The number of nitrogens with zero attached hydrogens (tertiary/aromatic N) is 3. The molecule has 1 atom stereocenters. The third kappa shape index (κ3) is 3.27. The van der Waals surface area contributed by atoms with Crippen LogP contribution in [0.5, 0.6) is 0 Å². The minimum absolute atomic E-state index is 0.206. The molecule has 2 aliphatic heterocycles. The molecule has 4 rings (SSSR count). The first-order chi connectivity index (χ1) is 11.8. The molecule has 0 bridgehead atoms. The number of morpholine rings is 1. The van der Waals surface area contributed by atoms with Gasteiger partial charge in [-0.2, -0.15) is 11.8 Å². The fourth-order valence-corrected chi connectivity index (χ4v) is 5.39. The van der Waals surface area contributed by atoms with Crippen molar-refractivity contribution in [2.45, 2.75) is 12.0 Å². The molecule has 128 valence electrons. The van der Waals surface area contributed by atoms with Gasteiger partial charge in [-0.1, -0.05) is 15.9 Å². The summed E-state index contributed by atoms with van der Waals surface area (Å²) in [7, 11) is 0. The predicted octanol–water partition coefficient (Wildman–Crippen LogP) is 3.01. The van der Waals surface area contributed by atoms with Crippen LogP contribution in [0.3, 0.4) is 0 Å². The van der Waals surface area contributed by atoms with Crippen LogP contribution in [-0.4, -0.2) is 64.8 Å². The monoisotopic (exact) mass is 408 g/mol. The minimum atomic E-state index is 0.206. The van der Waals surface area contributed by atoms with Crippen LogP contribution in [0.25, 0.3) is 10.9 Å². The summed E-state index contributed by atoms with van der Waals surface area (Å²) < 4.78 is 6.59. The van der Waals surface area contributed by atoms with E-state index < -0.39 is 0 Å². The largest absolute Gasteiger partial charge is 0.379 e. The average molecular weight is 409 g/mol. The number of rotatable bonds is 4. The van der Waals surface area contributed by atoms with Gasteiger partial charge < -0.3 is 10.1 Å². The summed E-state index contributed by atoms with van der Waals surface area (Å²) in [5, 5.41) is 4.69. The highest BCUT2D eigenvalue weighted by atomic mass is 79.9. The third-order valence-corrected chi connectivity index (χ3v) is 6.67. The number of hydrogen-bond donors (Lipinski definition) is 1. The molecule has 1 aromatic heterocycles. The molecule has 7 heteroatoms. The zero-order valence-corrected chi connectivity index (χ0v) is 15.9. The van der Waals surface area contributed by atoms with Gasteiger partial charge in [0.2, 0.25) is 0 Å². The molecule has 2 aromatic rings. The molecule has 2 aliphatic rings. The Bertz CT molecular complexity index is 717. The van der Waals surface area contributed by atoms with Crippen molar-refractivity contribution in [2.75, 3.05) is 49.7 Å². The molecule has 2 fully saturated rings. The molecule has 0 saturated carbocycles. The zero-order valence-electron chi connectivity index (χ0n) is 13.5. The van der Waals surface area contributed by atoms with E-state index in [0.29, 0.717) is 0 Å². The van der Waals surface area contributed by atoms with Crippen LogP contribution < -0.4 is 5.32 Å². The van der Waals surface area contributed by atoms with E-state index >= 15 is 0 Å². The van der Waals surface area contributed by atoms with Crippen molar-refractivity contribution >= 4 is 44.4 Å². The average Bonchev–Trinajstić information content (AvgIpc) is 3.11. The summed E-state index contributed by atoms with van der Waals surface area (Å²) in [6, 6.07) is 6.12. The van der Waals surface area contributed by atoms with E-state index in [-0.39, 0.29) is 5.54 Å². The van der Waals surface area contributed by atoms with Crippen molar-refractivity contribution in [3.63, 3.8) is 0 Å². The van der Waals surface area contributed by atoms with Crippen molar-refractivity contribution in [3.8, 4) is 0 Å². The maximum Gasteiger partial charge on any atom is 0.137 e. The molecule has 0 amide bonds. The second-order valence-electron chi connectivity index (χ2n) is 6.36. The number of fused-ring (bicyclic) bond motifs is 1. The van der Waals surface area contributed by atoms with Crippen molar-refractivity contribution in [3.05, 3.63) is 29.0 Å². The molecule has 0 radical (unpaired) electrons. The summed E-state index contributed by atoms with van der Waals surface area (Å²) in [6.45, 7) is 4.65. The van der Waals surface area contributed by atoms with Crippen LogP contribution in [0.1, 0.15) is 6.42 Å². The summed E-state index contributed by atoms with van der Waals surface area (Å²) in [4.78, 5) is 11.5. The van der Waals surface area contributed by atoms with Crippen LogP contribution in [-0.2, 0) is 4.74 Å². The molecule has 2 saturated heterocycles. The van der Waals surface area contributed by atoms with Crippen LogP contribution >= 0.6 is 27.7 Å². The Labute approximate surface area is 154 Å². The van der Waals surface area contributed by atoms with Gasteiger partial charge in [0.25, 0.3) is 0 Å². The Morgan fingerprint density at radius 3 is 2.96 bits per heavy atom. The van der Waals surface area contributed by atoms with Crippen molar-refractivity contribution in [2.24, 2.45) is 0 Å². The third-order valence-electron chi connectivity index (χ3n) is 4.95. The van der Waals surface area contributed by atoms with Crippen LogP contribution in [0.15, 0.2) is 29.0 Å². The maximum absolute atomic E-state index is 5.54. The van der Waals surface area contributed by atoms with Gasteiger partial charge in [0.15, 0.2) is 0 Å². The molecule has 3 heterocycles. The quantitative estimate of drug-likeness (QED) is 0.838. The number of anilines is 1. The number of ether oxygens (including phenoxy) is 1. The second kappa shape index (κ2) is 7.15. The summed E-state index contributed by atoms with van der Waals surface area (Å²) in [5.74, 6) is 3.33. The molecule has 24 heavy (non-hydrogen) atoms. The predicted molar refractivity (Wildman–Crippen MR) is 103 cm³/mol. The highest BCUT2D eigenvalue weighted by Gasteiger charge is 2.40. The van der Waals surface area contributed by atoms with Gasteiger partial charge in [0.05, 0.1) is 18.7 Å². The molecule has 1 aromatic carbocycles. The van der Waals surface area contributed by atoms with Gasteiger partial charge in [0, 0.05) is 40.8 Å². The second-order valence-corrected chi connectivity index (χ2v) is 8.38. The van der Waals surface area contributed by atoms with E-state index in [1.165, 1.54) is 17.9 Å². The normalized spacial score (nSPS) is 25.2. The van der Waals surface area contributed by atoms with E-state index in [4.69, 9.17) is 4.74 Å². The standard InChI is InChI=1S/C17H21BrN4OS/c18-13-1-2-15-14(9-13)16(21-12-20-15)19-10-17(3-8-24-11-17)22-4-6-23-7-5-22/h1-2,9,12H,3-8,10-11H2,(H,19,20,21). The fraction of sp³-hybridized carbons (Fsp3) is 0.529. The molecule has 1 unspecified atom stereocenters. The van der Waals surface area contributed by atoms with Crippen molar-refractivity contribution < 1.29 is 4.74 Å². The smallest absolute Gasteiger partial charge is 0.137 e. The van der Waals surface area contributed by atoms with Crippen LogP contribution in [0.2, 0.25) is 0 Å². The fourth-order valence-electron chi connectivity index (χ4n) is 3.55. The van der Waals surface area contributed by atoms with Gasteiger partial charge in [-0.25, -0.2) is 9.97 Å². The number of benzene rings is 1. The highest BCUT2D eigenvalue weighted by molar-refractivity contribution is 9.10. The van der Waals surface area contributed by atoms with E-state index in [1.807, 2.05) is 12.1 Å². The number of thioether (sulfide) groups is 1. The van der Waals surface area contributed by atoms with Crippen molar-refractivity contribution in [1.82, 2.24) is 14.9 Å². The maximum atomic E-state index is 5.54. The minimum Gasteiger partial charge on any atom is -0.379 e. The Hall–Kier alpha value is -0.890. The van der Waals surface area contributed by atoms with E-state index in [2.05, 4.69) is 53.9 Å². The molecular weight excluding hydrogens is 388 g/mol. The van der Waals surface area contributed by atoms with E-state index in [9.17, 15) is 0 Å². The van der Waals surface area contributed by atoms with Gasteiger partial charge in [-0.05, 0) is 30.4 Å². The first-order valence-electron chi connectivity index (χ1n) is 8.32. The Morgan fingerprint density at radius 2 is 2.17 bits per heavy atom. The van der Waals surface area contributed by atoms with Crippen molar-refractivity contribution in [1.29, 1.82) is 0 Å². The molecule has 0 aliphatic carbocycles. The van der Waals surface area contributed by atoms with Crippen LogP contribution in [0, 0.1) is 0 Å². The Balaban J connectivity index is 1.57. The molecule has 5 nitrogen and oxygen atoms in total. The van der Waals surface area contributed by atoms with Gasteiger partial charge in [-0.15, -0.1) is 0 Å². The summed E-state index contributed by atoms with van der Waals surface area (Å²) in [5.41, 5.74) is 1.18. The zero-order chi connectivity index (χ0) is 16.4. The number of hydrogen-bond acceptors (Lipinski definition) is 6.